The SMILES string of the molecule is COc1c(I)cc(N2CCCC2=O)cc1C(C)(C)C. The van der Waals surface area contributed by atoms with Crippen LogP contribution in [0, 0.1) is 3.57 Å². The summed E-state index contributed by atoms with van der Waals surface area (Å²) in [5, 5.41) is 0. The van der Waals surface area contributed by atoms with Gasteiger partial charge in [-0.25, -0.2) is 0 Å². The molecule has 2 rings (SSSR count). The third kappa shape index (κ3) is 2.88. The van der Waals surface area contributed by atoms with Crippen molar-refractivity contribution in [3.8, 4) is 5.75 Å². The molecule has 0 aromatic heterocycles. The van der Waals surface area contributed by atoms with Gasteiger partial charge in [0, 0.05) is 24.2 Å². The van der Waals surface area contributed by atoms with Crippen LogP contribution in [0.1, 0.15) is 39.2 Å². The molecule has 0 spiro atoms. The first-order valence-corrected chi connectivity index (χ1v) is 7.61. The van der Waals surface area contributed by atoms with Crippen molar-refractivity contribution >= 4 is 34.2 Å². The van der Waals surface area contributed by atoms with Gasteiger partial charge in [-0.05, 0) is 46.6 Å². The number of ether oxygens (including phenoxy) is 1. The van der Waals surface area contributed by atoms with E-state index in [1.54, 1.807) is 7.11 Å². The van der Waals surface area contributed by atoms with Crippen molar-refractivity contribution in [1.82, 2.24) is 0 Å². The number of methoxy groups -OCH3 is 1. The summed E-state index contributed by atoms with van der Waals surface area (Å²) in [5.41, 5.74) is 2.14. The fourth-order valence-corrected chi connectivity index (χ4v) is 3.25. The summed E-state index contributed by atoms with van der Waals surface area (Å²) in [6, 6.07) is 4.14. The summed E-state index contributed by atoms with van der Waals surface area (Å²) < 4.78 is 6.59. The van der Waals surface area contributed by atoms with Crippen LogP contribution in [0.25, 0.3) is 0 Å². The van der Waals surface area contributed by atoms with Crippen molar-refractivity contribution in [3.05, 3.63) is 21.3 Å². The molecule has 1 fully saturated rings. The molecule has 1 aliphatic heterocycles. The highest BCUT2D eigenvalue weighted by Crippen LogP contribution is 2.39. The van der Waals surface area contributed by atoms with Gasteiger partial charge in [0.2, 0.25) is 5.91 Å². The minimum absolute atomic E-state index is 0.00987. The molecule has 0 radical (unpaired) electrons. The Morgan fingerprint density at radius 3 is 2.47 bits per heavy atom. The lowest BCUT2D eigenvalue weighted by molar-refractivity contribution is -0.117. The lowest BCUT2D eigenvalue weighted by Crippen LogP contribution is -2.25. The van der Waals surface area contributed by atoms with Crippen LogP contribution in [0.15, 0.2) is 12.1 Å². The first-order valence-electron chi connectivity index (χ1n) is 6.53. The van der Waals surface area contributed by atoms with Crippen molar-refractivity contribution in [2.75, 3.05) is 18.6 Å². The maximum atomic E-state index is 11.9. The molecule has 0 atom stereocenters. The fourth-order valence-electron chi connectivity index (χ4n) is 2.42. The van der Waals surface area contributed by atoms with Crippen LogP contribution in [-0.4, -0.2) is 19.6 Å². The van der Waals surface area contributed by atoms with Crippen molar-refractivity contribution < 1.29 is 9.53 Å². The molecule has 0 aliphatic carbocycles. The predicted molar refractivity (Wildman–Crippen MR) is 86.0 cm³/mol. The minimum atomic E-state index is -0.00987. The van der Waals surface area contributed by atoms with Crippen molar-refractivity contribution in [3.63, 3.8) is 0 Å². The van der Waals surface area contributed by atoms with Crippen LogP contribution in [0.4, 0.5) is 5.69 Å². The number of anilines is 1. The number of hydrogen-bond donors (Lipinski definition) is 0. The van der Waals surface area contributed by atoms with Gasteiger partial charge in [-0.3, -0.25) is 4.79 Å². The van der Waals surface area contributed by atoms with Gasteiger partial charge in [0.25, 0.3) is 0 Å². The van der Waals surface area contributed by atoms with E-state index in [0.717, 1.165) is 33.5 Å². The van der Waals surface area contributed by atoms with Gasteiger partial charge in [0.15, 0.2) is 0 Å². The number of carbonyl (C=O) groups is 1. The Hall–Kier alpha value is -0.780. The van der Waals surface area contributed by atoms with Gasteiger partial charge in [0.05, 0.1) is 10.7 Å². The van der Waals surface area contributed by atoms with E-state index >= 15 is 0 Å². The molecule has 0 N–H and O–H groups in total. The lowest BCUT2D eigenvalue weighted by atomic mass is 9.86. The van der Waals surface area contributed by atoms with Gasteiger partial charge in [-0.15, -0.1) is 0 Å². The van der Waals surface area contributed by atoms with Crippen molar-refractivity contribution in [2.24, 2.45) is 0 Å². The standard InChI is InChI=1S/C15H20INO2/c1-15(2,3)11-8-10(9-12(16)14(11)19-4)17-7-5-6-13(17)18/h8-9H,5-7H2,1-4H3. The summed E-state index contributed by atoms with van der Waals surface area (Å²) >= 11 is 2.28. The molecule has 1 aromatic rings. The monoisotopic (exact) mass is 373 g/mol. The molecule has 1 amide bonds. The maximum Gasteiger partial charge on any atom is 0.227 e. The van der Waals surface area contributed by atoms with Crippen LogP contribution in [0.5, 0.6) is 5.75 Å². The third-order valence-corrected chi connectivity index (χ3v) is 4.23. The summed E-state index contributed by atoms with van der Waals surface area (Å²) in [5.74, 6) is 1.14. The number of hydrogen-bond acceptors (Lipinski definition) is 2. The molecule has 1 saturated heterocycles. The molecule has 0 unspecified atom stereocenters. The normalized spacial score (nSPS) is 16.1. The van der Waals surface area contributed by atoms with E-state index in [0.29, 0.717) is 6.42 Å². The molecule has 1 aromatic carbocycles. The molecule has 1 heterocycles. The van der Waals surface area contributed by atoms with Crippen LogP contribution < -0.4 is 9.64 Å². The van der Waals surface area contributed by atoms with Crippen LogP contribution in [0.2, 0.25) is 0 Å². The Morgan fingerprint density at radius 1 is 1.32 bits per heavy atom. The molecule has 3 nitrogen and oxygen atoms in total. The lowest BCUT2D eigenvalue weighted by Gasteiger charge is -2.26. The maximum absolute atomic E-state index is 11.9. The number of rotatable bonds is 2. The smallest absolute Gasteiger partial charge is 0.227 e. The molecule has 0 bridgehead atoms. The first kappa shape index (κ1) is 14.6. The average molecular weight is 373 g/mol. The third-order valence-electron chi connectivity index (χ3n) is 3.43. The number of benzene rings is 1. The number of halogens is 1. The molecule has 1 aliphatic rings. The predicted octanol–water partition coefficient (Wildman–Crippen LogP) is 3.72. The van der Waals surface area contributed by atoms with E-state index in [1.807, 2.05) is 11.0 Å². The minimum Gasteiger partial charge on any atom is -0.495 e. The van der Waals surface area contributed by atoms with Gasteiger partial charge >= 0.3 is 0 Å². The summed E-state index contributed by atoms with van der Waals surface area (Å²) in [6.45, 7) is 7.31. The van der Waals surface area contributed by atoms with E-state index < -0.39 is 0 Å². The highest BCUT2D eigenvalue weighted by atomic mass is 127. The number of nitrogens with zero attached hydrogens (tertiary/aromatic N) is 1. The Labute approximate surface area is 128 Å². The fraction of sp³-hybridized carbons (Fsp3) is 0.533. The highest BCUT2D eigenvalue weighted by molar-refractivity contribution is 14.1. The van der Waals surface area contributed by atoms with E-state index in [4.69, 9.17) is 4.74 Å². The zero-order valence-corrected chi connectivity index (χ0v) is 14.1. The van der Waals surface area contributed by atoms with Crippen molar-refractivity contribution in [1.29, 1.82) is 0 Å². The van der Waals surface area contributed by atoms with E-state index in [2.05, 4.69) is 49.4 Å². The van der Waals surface area contributed by atoms with Gasteiger partial charge in [-0.1, -0.05) is 20.8 Å². The Balaban J connectivity index is 2.53. The number of carbonyl (C=O) groups excluding carboxylic acids is 1. The molecular weight excluding hydrogens is 353 g/mol. The van der Waals surface area contributed by atoms with Crippen molar-refractivity contribution in [2.45, 2.75) is 39.0 Å². The molecular formula is C15H20INO2. The first-order chi connectivity index (χ1) is 8.84. The van der Waals surface area contributed by atoms with Crippen LogP contribution in [0.3, 0.4) is 0 Å². The quantitative estimate of drug-likeness (QED) is 0.740. The summed E-state index contributed by atoms with van der Waals surface area (Å²) in [7, 11) is 1.70. The summed E-state index contributed by atoms with van der Waals surface area (Å²) in [4.78, 5) is 13.8. The molecule has 19 heavy (non-hydrogen) atoms. The number of amides is 1. The average Bonchev–Trinajstić information content (AvgIpc) is 2.73. The van der Waals surface area contributed by atoms with Gasteiger partial charge in [0.1, 0.15) is 5.75 Å². The topological polar surface area (TPSA) is 29.5 Å². The Kier molecular flexibility index (Phi) is 4.08. The second-order valence-electron chi connectivity index (χ2n) is 5.91. The zero-order valence-electron chi connectivity index (χ0n) is 11.9. The largest absolute Gasteiger partial charge is 0.495 e. The van der Waals surface area contributed by atoms with Crippen LogP contribution >= 0.6 is 22.6 Å². The van der Waals surface area contributed by atoms with E-state index in [9.17, 15) is 4.79 Å². The second kappa shape index (κ2) is 5.31. The highest BCUT2D eigenvalue weighted by Gasteiger charge is 2.26. The Bertz CT molecular complexity index is 506. The molecule has 4 heteroatoms. The zero-order chi connectivity index (χ0) is 14.2. The molecule has 104 valence electrons. The van der Waals surface area contributed by atoms with E-state index in [1.165, 1.54) is 0 Å². The van der Waals surface area contributed by atoms with Crippen LogP contribution in [-0.2, 0) is 10.2 Å². The molecule has 0 saturated carbocycles. The van der Waals surface area contributed by atoms with Gasteiger partial charge in [-0.2, -0.15) is 0 Å². The summed E-state index contributed by atoms with van der Waals surface area (Å²) in [6.07, 6.45) is 1.61. The second-order valence-corrected chi connectivity index (χ2v) is 7.07. The van der Waals surface area contributed by atoms with Gasteiger partial charge < -0.3 is 9.64 Å². The van der Waals surface area contributed by atoms with E-state index in [-0.39, 0.29) is 11.3 Å². The Morgan fingerprint density at radius 2 is 2.00 bits per heavy atom.